The molecule has 2 heterocycles. The number of anilines is 1. The molecule has 0 radical (unpaired) electrons. The van der Waals surface area contributed by atoms with Crippen molar-refractivity contribution in [3.8, 4) is 0 Å². The Labute approximate surface area is 180 Å². The van der Waals surface area contributed by atoms with Gasteiger partial charge in [0.15, 0.2) is 0 Å². The molecule has 1 unspecified atom stereocenters. The van der Waals surface area contributed by atoms with Gasteiger partial charge in [-0.2, -0.15) is 0 Å². The van der Waals surface area contributed by atoms with Crippen LogP contribution in [0, 0.1) is 6.92 Å². The topological polar surface area (TPSA) is 98.8 Å². The molecule has 2 aliphatic rings. The second-order valence-corrected chi connectivity index (χ2v) is 7.98. The molecular weight excluding hydrogens is 396 g/mol. The molecule has 1 fully saturated rings. The molecule has 8 nitrogen and oxygen atoms in total. The summed E-state index contributed by atoms with van der Waals surface area (Å²) in [5.41, 5.74) is 3.88. The van der Waals surface area contributed by atoms with Crippen LogP contribution >= 0.6 is 0 Å². The van der Waals surface area contributed by atoms with E-state index < -0.39 is 18.0 Å². The number of fused-ring (bicyclic) bond motifs is 1. The van der Waals surface area contributed by atoms with Crippen molar-refractivity contribution >= 4 is 29.4 Å². The van der Waals surface area contributed by atoms with Gasteiger partial charge in [0.05, 0.1) is 6.04 Å². The largest absolute Gasteiger partial charge is 0.328 e. The second-order valence-electron chi connectivity index (χ2n) is 7.98. The summed E-state index contributed by atoms with van der Waals surface area (Å²) in [5, 5.41) is 5.11. The number of urea groups is 1. The Morgan fingerprint density at radius 3 is 2.55 bits per heavy atom. The summed E-state index contributed by atoms with van der Waals surface area (Å²) in [5.74, 6) is -0.965. The van der Waals surface area contributed by atoms with Crippen molar-refractivity contribution in [2.24, 2.45) is 0 Å². The fourth-order valence-corrected chi connectivity index (χ4v) is 4.02. The summed E-state index contributed by atoms with van der Waals surface area (Å²) in [6.45, 7) is 2.88. The number of carbonyl (C=O) groups is 4. The molecule has 8 heteroatoms. The lowest BCUT2D eigenvalue weighted by molar-refractivity contribution is -0.137. The van der Waals surface area contributed by atoms with Crippen LogP contribution in [0.5, 0.6) is 0 Å². The second kappa shape index (κ2) is 8.31. The lowest BCUT2D eigenvalue weighted by Crippen LogP contribution is -2.50. The molecule has 0 bridgehead atoms. The number of aryl methyl sites for hydroxylation is 1. The van der Waals surface area contributed by atoms with Crippen LogP contribution in [0.3, 0.4) is 0 Å². The summed E-state index contributed by atoms with van der Waals surface area (Å²) in [6, 6.07) is 11.8. The van der Waals surface area contributed by atoms with Crippen LogP contribution in [-0.2, 0) is 22.7 Å². The zero-order valence-electron chi connectivity index (χ0n) is 17.5. The van der Waals surface area contributed by atoms with Gasteiger partial charge < -0.3 is 5.32 Å². The zero-order valence-corrected chi connectivity index (χ0v) is 17.5. The Morgan fingerprint density at radius 2 is 1.84 bits per heavy atom. The maximum absolute atomic E-state index is 13.1. The van der Waals surface area contributed by atoms with Gasteiger partial charge in [-0.15, -0.1) is 0 Å². The Balaban J connectivity index is 1.49. The van der Waals surface area contributed by atoms with Gasteiger partial charge in [0.2, 0.25) is 11.8 Å². The van der Waals surface area contributed by atoms with Crippen LogP contribution in [0.25, 0.3) is 0 Å². The molecule has 4 rings (SSSR count). The summed E-state index contributed by atoms with van der Waals surface area (Å²) < 4.78 is 0. The van der Waals surface area contributed by atoms with Crippen LogP contribution in [-0.4, -0.2) is 46.6 Å². The predicted octanol–water partition coefficient (Wildman–Crippen LogP) is 2.42. The molecule has 2 aromatic rings. The number of hydrogen-bond acceptors (Lipinski definition) is 5. The molecule has 2 aromatic carbocycles. The highest BCUT2D eigenvalue weighted by Gasteiger charge is 2.36. The van der Waals surface area contributed by atoms with Crippen molar-refractivity contribution < 1.29 is 19.2 Å². The SMILES string of the molecule is Cc1ccc(NC(=O)N(C)C(=O)c2cccc3c2CN(C2CCC(=O)NC2=O)C3)cc1. The Morgan fingerprint density at radius 1 is 1.10 bits per heavy atom. The average molecular weight is 420 g/mol. The van der Waals surface area contributed by atoms with Gasteiger partial charge in [-0.25, -0.2) is 4.79 Å². The lowest BCUT2D eigenvalue weighted by Gasteiger charge is -2.29. The molecule has 1 atom stereocenters. The predicted molar refractivity (Wildman–Crippen MR) is 114 cm³/mol. The fraction of sp³-hybridized carbons (Fsp3) is 0.304. The standard InChI is InChI=1S/C23H24N4O4/c1-14-6-8-16(9-7-14)24-23(31)26(2)22(30)17-5-3-4-15-12-27(13-18(15)17)19-10-11-20(28)25-21(19)29/h3-9,19H,10-13H2,1-2H3,(H,24,31)(H,25,28,29). The zero-order chi connectivity index (χ0) is 22.1. The van der Waals surface area contributed by atoms with Crippen LogP contribution in [0.1, 0.15) is 39.9 Å². The Bertz CT molecular complexity index is 1060. The quantitative estimate of drug-likeness (QED) is 0.743. The number of carbonyl (C=O) groups excluding carboxylic acids is 4. The first-order valence-electron chi connectivity index (χ1n) is 10.2. The number of rotatable bonds is 3. The first-order chi connectivity index (χ1) is 14.8. The van der Waals surface area contributed by atoms with Gasteiger partial charge in [-0.3, -0.25) is 29.5 Å². The minimum absolute atomic E-state index is 0.255. The van der Waals surface area contributed by atoms with E-state index in [4.69, 9.17) is 0 Å². The highest BCUT2D eigenvalue weighted by atomic mass is 16.2. The average Bonchev–Trinajstić information content (AvgIpc) is 3.18. The van der Waals surface area contributed by atoms with E-state index in [0.717, 1.165) is 21.6 Å². The van der Waals surface area contributed by atoms with E-state index in [1.165, 1.54) is 7.05 Å². The van der Waals surface area contributed by atoms with Crippen molar-refractivity contribution in [1.82, 2.24) is 15.1 Å². The van der Waals surface area contributed by atoms with Gasteiger partial charge in [0.1, 0.15) is 0 Å². The molecule has 2 aliphatic heterocycles. The highest BCUT2D eigenvalue weighted by molar-refractivity contribution is 6.08. The van der Waals surface area contributed by atoms with E-state index in [2.05, 4.69) is 10.6 Å². The first kappa shape index (κ1) is 20.7. The van der Waals surface area contributed by atoms with E-state index >= 15 is 0 Å². The fourth-order valence-electron chi connectivity index (χ4n) is 4.02. The number of amides is 5. The minimum Gasteiger partial charge on any atom is -0.307 e. The minimum atomic E-state index is -0.522. The molecule has 0 aliphatic carbocycles. The van der Waals surface area contributed by atoms with Gasteiger partial charge >= 0.3 is 6.03 Å². The number of nitrogens with one attached hydrogen (secondary N) is 2. The van der Waals surface area contributed by atoms with Crippen LogP contribution in [0.15, 0.2) is 42.5 Å². The molecule has 1 saturated heterocycles. The third-order valence-corrected chi connectivity index (χ3v) is 5.80. The maximum atomic E-state index is 13.1. The van der Waals surface area contributed by atoms with Gasteiger partial charge in [0.25, 0.3) is 5.91 Å². The summed E-state index contributed by atoms with van der Waals surface area (Å²) >= 11 is 0. The maximum Gasteiger partial charge on any atom is 0.328 e. The van der Waals surface area contributed by atoms with Crippen LogP contribution in [0.4, 0.5) is 10.5 Å². The molecule has 0 aromatic heterocycles. The third kappa shape index (κ3) is 4.20. The van der Waals surface area contributed by atoms with Crippen molar-refractivity contribution in [3.63, 3.8) is 0 Å². The molecule has 31 heavy (non-hydrogen) atoms. The Kier molecular flexibility index (Phi) is 5.56. The van der Waals surface area contributed by atoms with Crippen LogP contribution < -0.4 is 10.6 Å². The van der Waals surface area contributed by atoms with Gasteiger partial charge in [-0.05, 0) is 42.7 Å². The molecular formula is C23H24N4O4. The van der Waals surface area contributed by atoms with E-state index in [1.54, 1.807) is 24.3 Å². The number of hydrogen-bond donors (Lipinski definition) is 2. The van der Waals surface area contributed by atoms with E-state index in [9.17, 15) is 19.2 Å². The van der Waals surface area contributed by atoms with Gasteiger partial charge in [0, 0.05) is 37.8 Å². The highest BCUT2D eigenvalue weighted by Crippen LogP contribution is 2.30. The number of nitrogens with zero attached hydrogens (tertiary/aromatic N) is 2. The molecule has 160 valence electrons. The first-order valence-corrected chi connectivity index (χ1v) is 10.2. The Hall–Kier alpha value is -3.52. The number of imide groups is 2. The van der Waals surface area contributed by atoms with Crippen molar-refractivity contribution in [2.75, 3.05) is 12.4 Å². The molecule has 0 saturated carbocycles. The smallest absolute Gasteiger partial charge is 0.307 e. The van der Waals surface area contributed by atoms with Crippen molar-refractivity contribution in [2.45, 2.75) is 38.9 Å². The molecule has 5 amide bonds. The van der Waals surface area contributed by atoms with Crippen LogP contribution in [0.2, 0.25) is 0 Å². The lowest BCUT2D eigenvalue weighted by atomic mass is 10.0. The third-order valence-electron chi connectivity index (χ3n) is 5.80. The summed E-state index contributed by atoms with van der Waals surface area (Å²) in [7, 11) is 1.44. The number of benzene rings is 2. The van der Waals surface area contributed by atoms with E-state index in [-0.39, 0.29) is 11.8 Å². The van der Waals surface area contributed by atoms with E-state index in [0.29, 0.717) is 37.2 Å². The number of piperidine rings is 1. The van der Waals surface area contributed by atoms with Gasteiger partial charge in [-0.1, -0.05) is 29.8 Å². The summed E-state index contributed by atoms with van der Waals surface area (Å²) in [6.07, 6.45) is 0.762. The summed E-state index contributed by atoms with van der Waals surface area (Å²) in [4.78, 5) is 52.4. The van der Waals surface area contributed by atoms with Crippen molar-refractivity contribution in [1.29, 1.82) is 0 Å². The van der Waals surface area contributed by atoms with Crippen molar-refractivity contribution in [3.05, 3.63) is 64.7 Å². The molecule has 0 spiro atoms. The monoisotopic (exact) mass is 420 g/mol. The molecule has 2 N–H and O–H groups in total. The van der Waals surface area contributed by atoms with E-state index in [1.807, 2.05) is 30.0 Å². The normalized spacial score (nSPS) is 18.3.